The second-order valence-corrected chi connectivity index (χ2v) is 10.9. The zero-order chi connectivity index (χ0) is 26.4. The largest absolute Gasteiger partial charge is 0.192 e. The molecule has 0 fully saturated rings. The third-order valence-electron chi connectivity index (χ3n) is 7.34. The van der Waals surface area contributed by atoms with E-state index in [1.165, 1.54) is 49.0 Å². The van der Waals surface area contributed by atoms with Crippen LogP contribution in [0.5, 0.6) is 0 Å². The second-order valence-electron chi connectivity index (χ2n) is 10.9. The first-order chi connectivity index (χ1) is 18.4. The van der Waals surface area contributed by atoms with Gasteiger partial charge in [-0.05, 0) is 95.9 Å². The Balaban J connectivity index is 1.74. The third kappa shape index (κ3) is 3.88. The summed E-state index contributed by atoms with van der Waals surface area (Å²) in [5.74, 6) is 0. The molecule has 0 atom stereocenters. The van der Waals surface area contributed by atoms with Crippen LogP contribution in [0, 0.1) is 22.7 Å². The number of hydrogen-bond acceptors (Lipinski definition) is 2. The third-order valence-corrected chi connectivity index (χ3v) is 7.34. The van der Waals surface area contributed by atoms with Crippen molar-refractivity contribution < 1.29 is 0 Å². The molecule has 6 aromatic rings. The van der Waals surface area contributed by atoms with E-state index in [1.807, 2.05) is 12.1 Å². The minimum Gasteiger partial charge on any atom is -0.192 e. The number of rotatable bonds is 2. The van der Waals surface area contributed by atoms with Gasteiger partial charge in [0.05, 0.1) is 23.3 Å². The van der Waals surface area contributed by atoms with E-state index in [2.05, 4.69) is 118 Å². The lowest BCUT2D eigenvalue weighted by Crippen LogP contribution is -2.13. The van der Waals surface area contributed by atoms with Crippen LogP contribution in [0.25, 0.3) is 54.6 Å². The van der Waals surface area contributed by atoms with Gasteiger partial charge in [0.25, 0.3) is 0 Å². The first-order valence-corrected chi connectivity index (χ1v) is 12.8. The first-order valence-electron chi connectivity index (χ1n) is 12.8. The SMILES string of the molecule is CC(C)(C)c1c2ccccc2c(-c2ccc3ccccc3c2)c2ccc(-c3cc(C#N)cc(C#N)c3)cc12. The summed E-state index contributed by atoms with van der Waals surface area (Å²) < 4.78 is 0. The van der Waals surface area contributed by atoms with Gasteiger partial charge in [-0.25, -0.2) is 0 Å². The summed E-state index contributed by atoms with van der Waals surface area (Å²) in [7, 11) is 0. The number of nitriles is 2. The van der Waals surface area contributed by atoms with Gasteiger partial charge in [0, 0.05) is 0 Å². The maximum atomic E-state index is 9.55. The maximum absolute atomic E-state index is 9.55. The molecule has 0 N–H and O–H groups in total. The van der Waals surface area contributed by atoms with Gasteiger partial charge in [-0.1, -0.05) is 93.6 Å². The summed E-state index contributed by atoms with van der Waals surface area (Å²) in [5, 5.41) is 26.4. The molecule has 0 spiro atoms. The van der Waals surface area contributed by atoms with Crippen LogP contribution < -0.4 is 0 Å². The average molecular weight is 487 g/mol. The Morgan fingerprint density at radius 2 is 1.11 bits per heavy atom. The molecule has 180 valence electrons. The Hall–Kier alpha value is -4.92. The van der Waals surface area contributed by atoms with Gasteiger partial charge in [0.1, 0.15) is 0 Å². The number of nitrogens with zero attached hydrogens (tertiary/aromatic N) is 2. The summed E-state index contributed by atoms with van der Waals surface area (Å²) in [6, 6.07) is 40.2. The van der Waals surface area contributed by atoms with Gasteiger partial charge in [0.2, 0.25) is 0 Å². The van der Waals surface area contributed by atoms with Crippen LogP contribution in [0.4, 0.5) is 0 Å². The molecule has 0 aliphatic rings. The topological polar surface area (TPSA) is 47.6 Å². The summed E-state index contributed by atoms with van der Waals surface area (Å²) in [6.07, 6.45) is 0. The predicted octanol–water partition coefficient (Wildman–Crippen LogP) is 9.52. The Morgan fingerprint density at radius 1 is 0.500 bits per heavy atom. The highest BCUT2D eigenvalue weighted by Crippen LogP contribution is 2.45. The molecular weight excluding hydrogens is 460 g/mol. The minimum absolute atomic E-state index is 0.106. The second kappa shape index (κ2) is 8.88. The normalized spacial score (nSPS) is 11.5. The van der Waals surface area contributed by atoms with E-state index in [0.717, 1.165) is 11.1 Å². The fraction of sp³-hybridized carbons (Fsp3) is 0.111. The summed E-state index contributed by atoms with van der Waals surface area (Å²) in [5.41, 5.74) is 6.47. The minimum atomic E-state index is -0.106. The van der Waals surface area contributed by atoms with Crippen molar-refractivity contribution in [2.45, 2.75) is 26.2 Å². The molecule has 0 amide bonds. The standard InChI is InChI=1S/C36H26N2/c1-36(2,3)35-32-11-7-6-10-30(32)34(28-13-12-25-8-4-5-9-26(25)19-28)31-15-14-27(20-33(31)35)29-17-23(21-37)16-24(18-29)22-38/h4-20H,1-3H3. The number of benzene rings is 6. The van der Waals surface area contributed by atoms with Crippen molar-refractivity contribution >= 4 is 32.3 Å². The van der Waals surface area contributed by atoms with E-state index < -0.39 is 0 Å². The highest BCUT2D eigenvalue weighted by atomic mass is 14.3. The number of fused-ring (bicyclic) bond motifs is 3. The highest BCUT2D eigenvalue weighted by Gasteiger charge is 2.24. The van der Waals surface area contributed by atoms with Crippen LogP contribution in [0.3, 0.4) is 0 Å². The predicted molar refractivity (Wildman–Crippen MR) is 158 cm³/mol. The Morgan fingerprint density at radius 3 is 1.79 bits per heavy atom. The van der Waals surface area contributed by atoms with E-state index in [0.29, 0.717) is 11.1 Å². The van der Waals surface area contributed by atoms with Crippen LogP contribution in [0.2, 0.25) is 0 Å². The fourth-order valence-corrected chi connectivity index (χ4v) is 5.75. The number of hydrogen-bond donors (Lipinski definition) is 0. The summed E-state index contributed by atoms with van der Waals surface area (Å²) in [4.78, 5) is 0. The zero-order valence-corrected chi connectivity index (χ0v) is 21.7. The van der Waals surface area contributed by atoms with Crippen LogP contribution in [0.1, 0.15) is 37.5 Å². The average Bonchev–Trinajstić information content (AvgIpc) is 2.94. The lowest BCUT2D eigenvalue weighted by molar-refractivity contribution is 0.601. The molecule has 6 aromatic carbocycles. The first kappa shape index (κ1) is 23.5. The molecule has 0 unspecified atom stereocenters. The van der Waals surface area contributed by atoms with Crippen molar-refractivity contribution in [3.63, 3.8) is 0 Å². The van der Waals surface area contributed by atoms with E-state index in [1.54, 1.807) is 6.07 Å². The molecule has 0 radical (unpaired) electrons. The monoisotopic (exact) mass is 486 g/mol. The van der Waals surface area contributed by atoms with Crippen molar-refractivity contribution in [1.82, 2.24) is 0 Å². The molecular formula is C36H26N2. The summed E-state index contributed by atoms with van der Waals surface area (Å²) in [6.45, 7) is 6.79. The smallest absolute Gasteiger partial charge is 0.0992 e. The molecule has 38 heavy (non-hydrogen) atoms. The molecule has 0 aromatic heterocycles. The molecule has 2 heteroatoms. The molecule has 0 saturated heterocycles. The lowest BCUT2D eigenvalue weighted by Gasteiger charge is -2.26. The maximum Gasteiger partial charge on any atom is 0.0992 e. The van der Waals surface area contributed by atoms with Crippen LogP contribution >= 0.6 is 0 Å². The van der Waals surface area contributed by atoms with Crippen LogP contribution in [0.15, 0.2) is 103 Å². The van der Waals surface area contributed by atoms with Gasteiger partial charge in [-0.3, -0.25) is 0 Å². The van der Waals surface area contributed by atoms with E-state index in [4.69, 9.17) is 0 Å². The van der Waals surface area contributed by atoms with Crippen molar-refractivity contribution in [1.29, 1.82) is 10.5 Å². The van der Waals surface area contributed by atoms with Crippen LogP contribution in [-0.2, 0) is 5.41 Å². The van der Waals surface area contributed by atoms with Gasteiger partial charge < -0.3 is 0 Å². The van der Waals surface area contributed by atoms with Crippen molar-refractivity contribution in [2.24, 2.45) is 0 Å². The Kier molecular flexibility index (Phi) is 5.48. The van der Waals surface area contributed by atoms with Gasteiger partial charge in [-0.15, -0.1) is 0 Å². The quantitative estimate of drug-likeness (QED) is 0.229. The van der Waals surface area contributed by atoms with Gasteiger partial charge in [0.15, 0.2) is 0 Å². The van der Waals surface area contributed by atoms with Crippen molar-refractivity contribution in [3.05, 3.63) is 120 Å². The molecule has 0 bridgehead atoms. The molecule has 2 nitrogen and oxygen atoms in total. The van der Waals surface area contributed by atoms with Crippen molar-refractivity contribution in [2.75, 3.05) is 0 Å². The van der Waals surface area contributed by atoms with Gasteiger partial charge >= 0.3 is 0 Å². The van der Waals surface area contributed by atoms with Crippen molar-refractivity contribution in [3.8, 4) is 34.4 Å². The van der Waals surface area contributed by atoms with E-state index in [-0.39, 0.29) is 5.41 Å². The molecule has 6 rings (SSSR count). The highest BCUT2D eigenvalue weighted by molar-refractivity contribution is 6.16. The van der Waals surface area contributed by atoms with Crippen LogP contribution in [-0.4, -0.2) is 0 Å². The fourth-order valence-electron chi connectivity index (χ4n) is 5.75. The summed E-state index contributed by atoms with van der Waals surface area (Å²) >= 11 is 0. The van der Waals surface area contributed by atoms with E-state index >= 15 is 0 Å². The van der Waals surface area contributed by atoms with E-state index in [9.17, 15) is 10.5 Å². The van der Waals surface area contributed by atoms with Gasteiger partial charge in [-0.2, -0.15) is 10.5 Å². The Bertz CT molecular complexity index is 1940. The Labute approximate surface area is 223 Å². The lowest BCUT2D eigenvalue weighted by atomic mass is 9.77. The molecule has 0 aliphatic carbocycles. The molecule has 0 aliphatic heterocycles. The zero-order valence-electron chi connectivity index (χ0n) is 21.7. The molecule has 0 heterocycles. The molecule has 0 saturated carbocycles.